The number of rotatable bonds is 3. The maximum Gasteiger partial charge on any atom is 0.337 e. The average Bonchev–Trinajstić information content (AvgIpc) is 2.51. The molecular weight excluding hydrogens is 292 g/mol. The van der Waals surface area contributed by atoms with Crippen LogP contribution in [-0.4, -0.2) is 19.0 Å². The number of carbonyl (C=O) groups excluding carboxylic acids is 2. The molecule has 0 aliphatic heterocycles. The van der Waals surface area contributed by atoms with Crippen molar-refractivity contribution >= 4 is 23.3 Å². The van der Waals surface area contributed by atoms with Gasteiger partial charge in [0.05, 0.1) is 5.56 Å². The van der Waals surface area contributed by atoms with Gasteiger partial charge in [0.2, 0.25) is 0 Å². The Morgan fingerprint density at radius 1 is 0.913 bits per heavy atom. The monoisotopic (exact) mass is 312 g/mol. The van der Waals surface area contributed by atoms with Gasteiger partial charge in [-0.2, -0.15) is 0 Å². The standard InChI is InChI=1S/C17H20N4O2/c1-11-8-12(2)10-13(9-11)19-17(23)21-20-16(22)14-6-4-5-7-15(14)18-3/h4-10,18H,1-3H3,(H,20,22)(H2,19,21,23). The van der Waals surface area contributed by atoms with E-state index < -0.39 is 11.9 Å². The van der Waals surface area contributed by atoms with Gasteiger partial charge >= 0.3 is 6.03 Å². The van der Waals surface area contributed by atoms with E-state index >= 15 is 0 Å². The number of amides is 3. The van der Waals surface area contributed by atoms with Crippen molar-refractivity contribution in [1.82, 2.24) is 10.9 Å². The Morgan fingerprint density at radius 2 is 1.57 bits per heavy atom. The van der Waals surface area contributed by atoms with E-state index in [1.807, 2.05) is 38.1 Å². The van der Waals surface area contributed by atoms with Crippen molar-refractivity contribution in [2.45, 2.75) is 13.8 Å². The molecule has 0 fully saturated rings. The topological polar surface area (TPSA) is 82.3 Å². The SMILES string of the molecule is CNc1ccccc1C(=O)NNC(=O)Nc1cc(C)cc(C)c1. The molecule has 0 unspecified atom stereocenters. The minimum atomic E-state index is -0.509. The highest BCUT2D eigenvalue weighted by atomic mass is 16.2. The van der Waals surface area contributed by atoms with Gasteiger partial charge < -0.3 is 10.6 Å². The molecule has 0 saturated heterocycles. The molecular formula is C17H20N4O2. The number of hydrogen-bond acceptors (Lipinski definition) is 3. The summed E-state index contributed by atoms with van der Waals surface area (Å²) >= 11 is 0. The number of nitrogens with one attached hydrogen (secondary N) is 4. The zero-order valence-electron chi connectivity index (χ0n) is 13.4. The second kappa shape index (κ2) is 7.31. The molecule has 4 N–H and O–H groups in total. The number of para-hydroxylation sites is 1. The summed E-state index contributed by atoms with van der Waals surface area (Å²) in [5, 5.41) is 5.61. The van der Waals surface area contributed by atoms with E-state index in [4.69, 9.17) is 0 Å². The molecule has 0 aromatic heterocycles. The summed E-state index contributed by atoms with van der Waals surface area (Å²) in [6.07, 6.45) is 0. The third-order valence-corrected chi connectivity index (χ3v) is 3.21. The molecule has 6 nitrogen and oxygen atoms in total. The number of benzene rings is 2. The molecule has 0 heterocycles. The Hall–Kier alpha value is -3.02. The highest BCUT2D eigenvalue weighted by Gasteiger charge is 2.11. The summed E-state index contributed by atoms with van der Waals surface area (Å²) in [4.78, 5) is 24.0. The number of carbonyl (C=O) groups is 2. The molecule has 0 aliphatic carbocycles. The van der Waals surface area contributed by atoms with Crippen molar-refractivity contribution in [2.24, 2.45) is 0 Å². The van der Waals surface area contributed by atoms with Gasteiger partial charge in [-0.15, -0.1) is 0 Å². The van der Waals surface area contributed by atoms with Crippen LogP contribution < -0.4 is 21.5 Å². The number of hydrazine groups is 1. The lowest BCUT2D eigenvalue weighted by Crippen LogP contribution is -2.44. The smallest absolute Gasteiger partial charge is 0.337 e. The van der Waals surface area contributed by atoms with E-state index in [1.54, 1.807) is 25.2 Å². The molecule has 2 aromatic carbocycles. The van der Waals surface area contributed by atoms with Crippen LogP contribution in [0.5, 0.6) is 0 Å². The number of aryl methyl sites for hydroxylation is 2. The van der Waals surface area contributed by atoms with E-state index in [1.165, 1.54) is 0 Å². The van der Waals surface area contributed by atoms with Gasteiger partial charge in [0.25, 0.3) is 5.91 Å². The molecule has 2 rings (SSSR count). The normalized spacial score (nSPS) is 9.87. The molecule has 0 saturated carbocycles. The molecule has 0 aliphatic rings. The van der Waals surface area contributed by atoms with Crippen LogP contribution in [0.4, 0.5) is 16.2 Å². The van der Waals surface area contributed by atoms with Crippen LogP contribution in [0.3, 0.4) is 0 Å². The quantitative estimate of drug-likeness (QED) is 0.658. The Morgan fingerprint density at radius 3 is 2.22 bits per heavy atom. The van der Waals surface area contributed by atoms with Crippen LogP contribution in [0.1, 0.15) is 21.5 Å². The van der Waals surface area contributed by atoms with Gasteiger partial charge in [0.1, 0.15) is 0 Å². The Kier molecular flexibility index (Phi) is 5.19. The lowest BCUT2D eigenvalue weighted by atomic mass is 10.1. The average molecular weight is 312 g/mol. The molecule has 0 radical (unpaired) electrons. The van der Waals surface area contributed by atoms with Crippen LogP contribution in [0, 0.1) is 13.8 Å². The van der Waals surface area contributed by atoms with E-state index in [-0.39, 0.29) is 0 Å². The third kappa shape index (κ3) is 4.47. The van der Waals surface area contributed by atoms with Crippen molar-refractivity contribution in [3.05, 3.63) is 59.2 Å². The predicted octanol–water partition coefficient (Wildman–Crippen LogP) is 2.81. The van der Waals surface area contributed by atoms with Crippen LogP contribution >= 0.6 is 0 Å². The fraction of sp³-hybridized carbons (Fsp3) is 0.176. The fourth-order valence-corrected chi connectivity index (χ4v) is 2.29. The third-order valence-electron chi connectivity index (χ3n) is 3.21. The Labute approximate surface area is 135 Å². The Balaban J connectivity index is 1.95. The summed E-state index contributed by atoms with van der Waals surface area (Å²) in [5.74, 6) is -0.398. The van der Waals surface area contributed by atoms with Gasteiger partial charge in [-0.05, 0) is 49.2 Å². The van der Waals surface area contributed by atoms with Crippen LogP contribution in [0.25, 0.3) is 0 Å². The van der Waals surface area contributed by atoms with E-state index in [9.17, 15) is 9.59 Å². The summed E-state index contributed by atoms with van der Waals surface area (Å²) < 4.78 is 0. The first-order valence-corrected chi connectivity index (χ1v) is 7.22. The first-order valence-electron chi connectivity index (χ1n) is 7.22. The van der Waals surface area contributed by atoms with E-state index in [0.717, 1.165) is 11.1 Å². The van der Waals surface area contributed by atoms with Gasteiger partial charge in [-0.1, -0.05) is 18.2 Å². The zero-order valence-corrected chi connectivity index (χ0v) is 13.4. The molecule has 2 aromatic rings. The summed E-state index contributed by atoms with van der Waals surface area (Å²) in [5.41, 5.74) is 8.62. The second-order valence-electron chi connectivity index (χ2n) is 5.21. The van der Waals surface area contributed by atoms with Gasteiger partial charge in [-0.25, -0.2) is 10.2 Å². The predicted molar refractivity (Wildman–Crippen MR) is 91.5 cm³/mol. The van der Waals surface area contributed by atoms with Crippen LogP contribution in [0.2, 0.25) is 0 Å². The minimum absolute atomic E-state index is 0.398. The summed E-state index contributed by atoms with van der Waals surface area (Å²) in [6.45, 7) is 3.90. The van der Waals surface area contributed by atoms with Crippen molar-refractivity contribution in [1.29, 1.82) is 0 Å². The molecule has 0 atom stereocenters. The molecule has 6 heteroatoms. The maximum atomic E-state index is 12.1. The molecule has 23 heavy (non-hydrogen) atoms. The summed E-state index contributed by atoms with van der Waals surface area (Å²) in [7, 11) is 1.73. The molecule has 0 spiro atoms. The largest absolute Gasteiger partial charge is 0.387 e. The highest BCUT2D eigenvalue weighted by molar-refractivity contribution is 6.01. The van der Waals surface area contributed by atoms with Gasteiger partial charge in [0, 0.05) is 18.4 Å². The number of urea groups is 1. The highest BCUT2D eigenvalue weighted by Crippen LogP contribution is 2.14. The minimum Gasteiger partial charge on any atom is -0.387 e. The molecule has 120 valence electrons. The van der Waals surface area contributed by atoms with Crippen molar-refractivity contribution in [2.75, 3.05) is 17.7 Å². The maximum absolute atomic E-state index is 12.1. The number of hydrogen-bond donors (Lipinski definition) is 4. The van der Waals surface area contributed by atoms with Crippen molar-refractivity contribution in [3.63, 3.8) is 0 Å². The lowest BCUT2D eigenvalue weighted by molar-refractivity contribution is 0.0938. The summed E-state index contributed by atoms with van der Waals surface area (Å²) in [6, 6.07) is 12.2. The Bertz CT molecular complexity index is 708. The second-order valence-corrected chi connectivity index (χ2v) is 5.21. The van der Waals surface area contributed by atoms with Gasteiger partial charge in [0.15, 0.2) is 0 Å². The van der Waals surface area contributed by atoms with Crippen LogP contribution in [-0.2, 0) is 0 Å². The van der Waals surface area contributed by atoms with E-state index in [2.05, 4.69) is 21.5 Å². The van der Waals surface area contributed by atoms with Crippen LogP contribution in [0.15, 0.2) is 42.5 Å². The molecule has 3 amide bonds. The first-order chi connectivity index (χ1) is 11.0. The molecule has 0 bridgehead atoms. The first kappa shape index (κ1) is 16.4. The van der Waals surface area contributed by atoms with Crippen molar-refractivity contribution < 1.29 is 9.59 Å². The number of anilines is 2. The van der Waals surface area contributed by atoms with Crippen molar-refractivity contribution in [3.8, 4) is 0 Å². The zero-order chi connectivity index (χ0) is 16.8. The lowest BCUT2D eigenvalue weighted by Gasteiger charge is -2.12. The fourth-order valence-electron chi connectivity index (χ4n) is 2.29. The van der Waals surface area contributed by atoms with Gasteiger partial charge in [-0.3, -0.25) is 10.2 Å². The van der Waals surface area contributed by atoms with E-state index in [0.29, 0.717) is 16.9 Å².